The van der Waals surface area contributed by atoms with Crippen molar-refractivity contribution in [2.24, 2.45) is 0 Å². The fourth-order valence-corrected chi connectivity index (χ4v) is 2.00. The lowest BCUT2D eigenvalue weighted by atomic mass is 10.1. The molecule has 2 rings (SSSR count). The van der Waals surface area contributed by atoms with Gasteiger partial charge in [0.15, 0.2) is 0 Å². The van der Waals surface area contributed by atoms with E-state index in [0.717, 1.165) is 18.2 Å². The predicted octanol–water partition coefficient (Wildman–Crippen LogP) is 1.76. The van der Waals surface area contributed by atoms with E-state index >= 15 is 0 Å². The SMILES string of the molecule is O=C(NCc1cc([N+](=O)[O-])ccc1[O-])c1cncc(Br)c1. The summed E-state index contributed by atoms with van der Waals surface area (Å²) in [6, 6.07) is 4.97. The van der Waals surface area contributed by atoms with Gasteiger partial charge in [-0.3, -0.25) is 19.9 Å². The Morgan fingerprint density at radius 3 is 2.76 bits per heavy atom. The predicted molar refractivity (Wildman–Crippen MR) is 75.6 cm³/mol. The molecule has 1 amide bonds. The van der Waals surface area contributed by atoms with Crippen molar-refractivity contribution >= 4 is 27.5 Å². The summed E-state index contributed by atoms with van der Waals surface area (Å²) in [6.45, 7) is -0.0914. The number of nitrogens with zero attached hydrogens (tertiary/aromatic N) is 2. The minimum Gasteiger partial charge on any atom is -0.872 e. The average molecular weight is 351 g/mol. The molecule has 0 unspecified atom stereocenters. The molecule has 0 spiro atoms. The zero-order valence-corrected chi connectivity index (χ0v) is 12.2. The number of rotatable bonds is 4. The van der Waals surface area contributed by atoms with E-state index in [1.807, 2.05) is 0 Å². The summed E-state index contributed by atoms with van der Waals surface area (Å²) in [5, 5.41) is 24.8. The second-order valence-corrected chi connectivity index (χ2v) is 5.04. The molecule has 1 aromatic heterocycles. The number of halogens is 1. The number of pyridine rings is 1. The first-order valence-corrected chi connectivity index (χ1v) is 6.60. The highest BCUT2D eigenvalue weighted by atomic mass is 79.9. The van der Waals surface area contributed by atoms with Crippen molar-refractivity contribution in [2.75, 3.05) is 0 Å². The number of nitro groups is 1. The molecule has 21 heavy (non-hydrogen) atoms. The van der Waals surface area contributed by atoms with E-state index in [9.17, 15) is 20.0 Å². The Hall–Kier alpha value is -2.48. The summed E-state index contributed by atoms with van der Waals surface area (Å²) >= 11 is 3.20. The molecule has 1 heterocycles. The number of non-ortho nitro benzene ring substituents is 1. The van der Waals surface area contributed by atoms with Crippen LogP contribution in [-0.4, -0.2) is 15.8 Å². The van der Waals surface area contributed by atoms with Crippen molar-refractivity contribution < 1.29 is 14.8 Å². The summed E-state index contributed by atoms with van der Waals surface area (Å²) in [5.74, 6) is -0.789. The maximum atomic E-state index is 11.9. The number of nitrogens with one attached hydrogen (secondary N) is 1. The van der Waals surface area contributed by atoms with E-state index in [0.29, 0.717) is 10.0 Å². The number of carbonyl (C=O) groups excluding carboxylic acids is 1. The molecule has 2 aromatic rings. The van der Waals surface area contributed by atoms with Crippen LogP contribution in [-0.2, 0) is 6.54 Å². The third-order valence-corrected chi connectivity index (χ3v) is 3.10. The van der Waals surface area contributed by atoms with Crippen LogP contribution in [0.4, 0.5) is 5.69 Å². The molecule has 7 nitrogen and oxygen atoms in total. The molecule has 0 saturated carbocycles. The van der Waals surface area contributed by atoms with Crippen molar-refractivity contribution in [3.63, 3.8) is 0 Å². The quantitative estimate of drug-likeness (QED) is 0.667. The molecule has 0 aliphatic carbocycles. The highest BCUT2D eigenvalue weighted by molar-refractivity contribution is 9.10. The number of amides is 1. The van der Waals surface area contributed by atoms with Gasteiger partial charge in [0.1, 0.15) is 0 Å². The lowest BCUT2D eigenvalue weighted by molar-refractivity contribution is -0.385. The van der Waals surface area contributed by atoms with Gasteiger partial charge in [-0.2, -0.15) is 0 Å². The Labute approximate surface area is 127 Å². The molecule has 108 valence electrons. The van der Waals surface area contributed by atoms with E-state index in [-0.39, 0.29) is 23.5 Å². The highest BCUT2D eigenvalue weighted by Gasteiger charge is 2.09. The minimum atomic E-state index is -0.594. The van der Waals surface area contributed by atoms with Gasteiger partial charge in [0.2, 0.25) is 0 Å². The molecule has 8 heteroatoms. The summed E-state index contributed by atoms with van der Waals surface area (Å²) in [4.78, 5) is 25.8. The van der Waals surface area contributed by atoms with Gasteiger partial charge in [-0.1, -0.05) is 6.07 Å². The standard InChI is InChI=1S/C13H10BrN3O4/c14-10-3-9(5-15-7-10)13(19)16-6-8-4-11(17(20)21)1-2-12(8)18/h1-5,7,18H,6H2,(H,16,19)/p-1. The lowest BCUT2D eigenvalue weighted by Gasteiger charge is -2.13. The van der Waals surface area contributed by atoms with Gasteiger partial charge in [0.25, 0.3) is 11.6 Å². The number of hydrogen-bond acceptors (Lipinski definition) is 5. The summed E-state index contributed by atoms with van der Waals surface area (Å²) in [6.07, 6.45) is 2.92. The molecule has 1 aromatic carbocycles. The van der Waals surface area contributed by atoms with Crippen LogP contribution >= 0.6 is 15.9 Å². The Balaban J connectivity index is 2.11. The first-order valence-electron chi connectivity index (χ1n) is 5.80. The van der Waals surface area contributed by atoms with Gasteiger partial charge >= 0.3 is 0 Å². The van der Waals surface area contributed by atoms with E-state index < -0.39 is 10.8 Å². The van der Waals surface area contributed by atoms with Crippen LogP contribution in [0.15, 0.2) is 41.1 Å². The van der Waals surface area contributed by atoms with Gasteiger partial charge in [-0.25, -0.2) is 0 Å². The second-order valence-electron chi connectivity index (χ2n) is 4.12. The number of aromatic nitrogens is 1. The smallest absolute Gasteiger partial charge is 0.269 e. The molecule has 0 saturated heterocycles. The van der Waals surface area contributed by atoms with Crippen molar-refractivity contribution in [3.8, 4) is 5.75 Å². The van der Waals surface area contributed by atoms with E-state index in [4.69, 9.17) is 0 Å². The zero-order valence-electron chi connectivity index (χ0n) is 10.6. The lowest BCUT2D eigenvalue weighted by Crippen LogP contribution is -2.23. The molecular formula is C13H9BrN3O4-. The van der Waals surface area contributed by atoms with Gasteiger partial charge in [0.05, 0.1) is 10.5 Å². The van der Waals surface area contributed by atoms with Gasteiger partial charge in [-0.15, -0.1) is 5.75 Å². The van der Waals surface area contributed by atoms with E-state index in [2.05, 4.69) is 26.2 Å². The van der Waals surface area contributed by atoms with Crippen molar-refractivity contribution in [1.82, 2.24) is 10.3 Å². The molecule has 0 atom stereocenters. The Kier molecular flexibility index (Phi) is 4.49. The summed E-state index contributed by atoms with van der Waals surface area (Å²) < 4.78 is 0.648. The van der Waals surface area contributed by atoms with Crippen LogP contribution in [0.1, 0.15) is 15.9 Å². The van der Waals surface area contributed by atoms with Crippen LogP contribution in [0.3, 0.4) is 0 Å². The molecule has 0 aliphatic heterocycles. The van der Waals surface area contributed by atoms with E-state index in [1.54, 1.807) is 6.07 Å². The Morgan fingerprint density at radius 1 is 1.33 bits per heavy atom. The summed E-state index contributed by atoms with van der Waals surface area (Å²) in [5.41, 5.74) is 0.283. The second kappa shape index (κ2) is 6.31. The average Bonchev–Trinajstić information content (AvgIpc) is 2.45. The third kappa shape index (κ3) is 3.76. The first kappa shape index (κ1) is 14.9. The van der Waals surface area contributed by atoms with Crippen molar-refractivity contribution in [2.45, 2.75) is 6.54 Å². The number of nitro benzene ring substituents is 1. The minimum absolute atomic E-state index is 0.0914. The van der Waals surface area contributed by atoms with Crippen LogP contribution in [0.25, 0.3) is 0 Å². The zero-order chi connectivity index (χ0) is 15.4. The molecule has 0 radical (unpaired) electrons. The van der Waals surface area contributed by atoms with Crippen LogP contribution in [0.2, 0.25) is 0 Å². The molecule has 0 bridgehead atoms. The van der Waals surface area contributed by atoms with Crippen molar-refractivity contribution in [1.29, 1.82) is 0 Å². The number of benzene rings is 1. The Morgan fingerprint density at radius 2 is 2.10 bits per heavy atom. The summed E-state index contributed by atoms with van der Waals surface area (Å²) in [7, 11) is 0. The van der Waals surface area contributed by atoms with Gasteiger partial charge < -0.3 is 10.4 Å². The monoisotopic (exact) mass is 350 g/mol. The van der Waals surface area contributed by atoms with E-state index in [1.165, 1.54) is 12.4 Å². The van der Waals surface area contributed by atoms with Crippen LogP contribution < -0.4 is 10.4 Å². The largest absolute Gasteiger partial charge is 0.872 e. The molecule has 1 N–H and O–H groups in total. The van der Waals surface area contributed by atoms with Crippen LogP contribution in [0.5, 0.6) is 5.75 Å². The number of carbonyl (C=O) groups is 1. The van der Waals surface area contributed by atoms with Gasteiger partial charge in [0, 0.05) is 35.5 Å². The fraction of sp³-hybridized carbons (Fsp3) is 0.0769. The molecule has 0 fully saturated rings. The molecule has 0 aliphatic rings. The topological polar surface area (TPSA) is 108 Å². The molecular weight excluding hydrogens is 342 g/mol. The fourth-order valence-electron chi connectivity index (χ4n) is 1.63. The van der Waals surface area contributed by atoms with Crippen LogP contribution in [0, 0.1) is 10.1 Å². The maximum Gasteiger partial charge on any atom is 0.269 e. The third-order valence-electron chi connectivity index (χ3n) is 2.66. The maximum absolute atomic E-state index is 11.9. The van der Waals surface area contributed by atoms with Gasteiger partial charge in [-0.05, 0) is 27.6 Å². The normalized spacial score (nSPS) is 10.1. The first-order chi connectivity index (χ1) is 9.97. The van der Waals surface area contributed by atoms with Crippen molar-refractivity contribution in [3.05, 3.63) is 62.4 Å². The highest BCUT2D eigenvalue weighted by Crippen LogP contribution is 2.20. The Bertz CT molecular complexity index is 706. The number of hydrogen-bond donors (Lipinski definition) is 1.